The van der Waals surface area contributed by atoms with Gasteiger partial charge >= 0.3 is 0 Å². The van der Waals surface area contributed by atoms with Crippen LogP contribution in [0.1, 0.15) is 16.8 Å². The van der Waals surface area contributed by atoms with Crippen molar-refractivity contribution in [1.82, 2.24) is 9.88 Å². The Morgan fingerprint density at radius 3 is 2.94 bits per heavy atom. The van der Waals surface area contributed by atoms with Crippen molar-refractivity contribution in [2.75, 3.05) is 26.8 Å². The second-order valence-corrected chi connectivity index (χ2v) is 4.17. The third-order valence-corrected chi connectivity index (χ3v) is 2.89. The molecule has 1 aliphatic heterocycles. The van der Waals surface area contributed by atoms with Crippen molar-refractivity contribution >= 4 is 5.91 Å². The number of ether oxygens (including phenoxy) is 1. The van der Waals surface area contributed by atoms with Crippen LogP contribution in [0.15, 0.2) is 30.0 Å². The van der Waals surface area contributed by atoms with Crippen molar-refractivity contribution in [3.63, 3.8) is 0 Å². The molecule has 1 amide bonds. The third kappa shape index (κ3) is 2.92. The summed E-state index contributed by atoms with van der Waals surface area (Å²) in [4.78, 5) is 17.3. The highest BCUT2D eigenvalue weighted by Crippen LogP contribution is 2.13. The van der Waals surface area contributed by atoms with E-state index in [0.29, 0.717) is 25.3 Å². The van der Waals surface area contributed by atoms with E-state index in [1.807, 2.05) is 6.08 Å². The molecule has 4 nitrogen and oxygen atoms in total. The Morgan fingerprint density at radius 2 is 2.39 bits per heavy atom. The molecule has 96 valence electrons. The molecule has 0 fully saturated rings. The maximum absolute atomic E-state index is 12.7. The molecule has 1 aliphatic rings. The van der Waals surface area contributed by atoms with Crippen LogP contribution >= 0.6 is 0 Å². The van der Waals surface area contributed by atoms with Crippen LogP contribution in [0, 0.1) is 5.95 Å². The molecule has 0 aromatic carbocycles. The molecule has 0 unspecified atom stereocenters. The number of carbonyl (C=O) groups is 1. The lowest BCUT2D eigenvalue weighted by atomic mass is 10.1. The van der Waals surface area contributed by atoms with E-state index in [9.17, 15) is 9.18 Å². The molecule has 0 bridgehead atoms. The number of rotatable bonds is 3. The largest absolute Gasteiger partial charge is 0.380 e. The van der Waals surface area contributed by atoms with E-state index in [1.54, 1.807) is 12.0 Å². The normalized spacial score (nSPS) is 15.4. The van der Waals surface area contributed by atoms with E-state index < -0.39 is 5.95 Å². The first kappa shape index (κ1) is 12.7. The van der Waals surface area contributed by atoms with Crippen LogP contribution in [0.4, 0.5) is 4.39 Å². The number of nitrogens with zero attached hydrogens (tertiary/aromatic N) is 2. The number of hydrogen-bond donors (Lipinski definition) is 0. The lowest BCUT2D eigenvalue weighted by Crippen LogP contribution is -2.35. The van der Waals surface area contributed by atoms with Crippen molar-refractivity contribution in [1.29, 1.82) is 0 Å². The van der Waals surface area contributed by atoms with Gasteiger partial charge in [0.15, 0.2) is 0 Å². The van der Waals surface area contributed by atoms with Gasteiger partial charge in [-0.25, -0.2) is 4.98 Å². The van der Waals surface area contributed by atoms with Gasteiger partial charge in [-0.05, 0) is 24.1 Å². The van der Waals surface area contributed by atoms with E-state index in [-0.39, 0.29) is 5.91 Å². The summed E-state index contributed by atoms with van der Waals surface area (Å²) in [7, 11) is 1.66. The number of hydrogen-bond acceptors (Lipinski definition) is 3. The predicted octanol–water partition coefficient (Wildman–Crippen LogP) is 1.64. The van der Waals surface area contributed by atoms with Crippen LogP contribution in [0.2, 0.25) is 0 Å². The molecule has 5 heteroatoms. The molecule has 0 radical (unpaired) electrons. The average molecular weight is 250 g/mol. The minimum absolute atomic E-state index is 0.116. The van der Waals surface area contributed by atoms with Gasteiger partial charge in [0.25, 0.3) is 5.91 Å². The predicted molar refractivity (Wildman–Crippen MR) is 64.7 cm³/mol. The topological polar surface area (TPSA) is 42.4 Å². The zero-order valence-electron chi connectivity index (χ0n) is 10.2. The van der Waals surface area contributed by atoms with Crippen LogP contribution in [-0.4, -0.2) is 42.6 Å². The van der Waals surface area contributed by atoms with Crippen LogP contribution in [-0.2, 0) is 4.74 Å². The maximum atomic E-state index is 12.7. The molecule has 0 saturated heterocycles. The van der Waals surface area contributed by atoms with Gasteiger partial charge in [-0.15, -0.1) is 0 Å². The van der Waals surface area contributed by atoms with Gasteiger partial charge in [-0.1, -0.05) is 6.08 Å². The Balaban J connectivity index is 2.01. The summed E-state index contributed by atoms with van der Waals surface area (Å²) in [6.45, 7) is 1.83. The smallest absolute Gasteiger partial charge is 0.255 e. The van der Waals surface area contributed by atoms with Crippen molar-refractivity contribution < 1.29 is 13.9 Å². The fourth-order valence-electron chi connectivity index (χ4n) is 1.90. The fraction of sp³-hybridized carbons (Fsp3) is 0.385. The highest BCUT2D eigenvalue weighted by atomic mass is 19.1. The van der Waals surface area contributed by atoms with E-state index in [0.717, 1.165) is 6.42 Å². The summed E-state index contributed by atoms with van der Waals surface area (Å²) in [5.41, 5.74) is 1.62. The van der Waals surface area contributed by atoms with Crippen molar-refractivity contribution in [2.24, 2.45) is 0 Å². The maximum Gasteiger partial charge on any atom is 0.255 e. The molecular formula is C13H15FN2O2. The zero-order chi connectivity index (χ0) is 13.0. The Kier molecular flexibility index (Phi) is 4.04. The van der Waals surface area contributed by atoms with Crippen LogP contribution in [0.3, 0.4) is 0 Å². The second kappa shape index (κ2) is 5.73. The summed E-state index contributed by atoms with van der Waals surface area (Å²) in [5.74, 6) is -0.692. The molecular weight excluding hydrogens is 235 g/mol. The van der Waals surface area contributed by atoms with Gasteiger partial charge < -0.3 is 9.64 Å². The molecule has 2 rings (SSSR count). The molecule has 1 aromatic heterocycles. The van der Waals surface area contributed by atoms with Gasteiger partial charge in [-0.3, -0.25) is 4.79 Å². The first-order valence-corrected chi connectivity index (χ1v) is 5.78. The molecule has 0 spiro atoms. The summed E-state index contributed by atoms with van der Waals surface area (Å²) in [5, 5.41) is 0. The first-order chi connectivity index (χ1) is 8.70. The van der Waals surface area contributed by atoms with Crippen molar-refractivity contribution in [3.05, 3.63) is 41.5 Å². The molecule has 0 N–H and O–H groups in total. The second-order valence-electron chi connectivity index (χ2n) is 4.17. The van der Waals surface area contributed by atoms with Crippen molar-refractivity contribution in [3.8, 4) is 0 Å². The molecule has 1 aromatic rings. The monoisotopic (exact) mass is 250 g/mol. The van der Waals surface area contributed by atoms with E-state index in [1.165, 1.54) is 23.9 Å². The van der Waals surface area contributed by atoms with Crippen LogP contribution in [0.5, 0.6) is 0 Å². The quantitative estimate of drug-likeness (QED) is 0.605. The standard InChI is InChI=1S/C13H15FN2O2/c1-18-9-10-4-6-16(7-5-10)13(17)11-2-3-12(14)15-8-11/h2-4,8H,5-7,9H2,1H3. The number of pyridine rings is 1. The van der Waals surface area contributed by atoms with Gasteiger partial charge in [0.1, 0.15) is 0 Å². The minimum Gasteiger partial charge on any atom is -0.380 e. The number of aromatic nitrogens is 1. The number of halogens is 1. The summed E-state index contributed by atoms with van der Waals surface area (Å²) in [6, 6.07) is 2.66. The van der Waals surface area contributed by atoms with Gasteiger partial charge in [-0.2, -0.15) is 4.39 Å². The highest BCUT2D eigenvalue weighted by molar-refractivity contribution is 5.94. The Morgan fingerprint density at radius 1 is 1.56 bits per heavy atom. The molecule has 0 aliphatic carbocycles. The van der Waals surface area contributed by atoms with Crippen LogP contribution in [0.25, 0.3) is 0 Å². The summed E-state index contributed by atoms with van der Waals surface area (Å²) in [6.07, 6.45) is 4.09. The number of methoxy groups -OCH3 is 1. The van der Waals surface area contributed by atoms with Gasteiger partial charge in [0.05, 0.1) is 12.2 Å². The average Bonchev–Trinajstić information content (AvgIpc) is 2.40. The van der Waals surface area contributed by atoms with Gasteiger partial charge in [0, 0.05) is 26.4 Å². The fourth-order valence-corrected chi connectivity index (χ4v) is 1.90. The molecule has 2 heterocycles. The molecule has 18 heavy (non-hydrogen) atoms. The Labute approximate surface area is 105 Å². The minimum atomic E-state index is -0.576. The Bertz CT molecular complexity index is 457. The van der Waals surface area contributed by atoms with E-state index in [4.69, 9.17) is 4.74 Å². The lowest BCUT2D eigenvalue weighted by molar-refractivity contribution is 0.0764. The summed E-state index contributed by atoms with van der Waals surface area (Å²) >= 11 is 0. The SMILES string of the molecule is COCC1=CCN(C(=O)c2ccc(F)nc2)CC1. The van der Waals surface area contributed by atoms with E-state index >= 15 is 0 Å². The van der Waals surface area contributed by atoms with E-state index in [2.05, 4.69) is 4.98 Å². The molecule has 0 atom stereocenters. The van der Waals surface area contributed by atoms with Gasteiger partial charge in [0.2, 0.25) is 5.95 Å². The highest BCUT2D eigenvalue weighted by Gasteiger charge is 2.18. The number of amides is 1. The summed E-state index contributed by atoms with van der Waals surface area (Å²) < 4.78 is 17.7. The number of carbonyl (C=O) groups excluding carboxylic acids is 1. The lowest BCUT2D eigenvalue weighted by Gasteiger charge is -2.26. The third-order valence-electron chi connectivity index (χ3n) is 2.89. The van der Waals surface area contributed by atoms with Crippen LogP contribution < -0.4 is 0 Å². The first-order valence-electron chi connectivity index (χ1n) is 5.78. The molecule has 0 saturated carbocycles. The van der Waals surface area contributed by atoms with Crippen molar-refractivity contribution in [2.45, 2.75) is 6.42 Å². The zero-order valence-corrected chi connectivity index (χ0v) is 10.2. The Hall–Kier alpha value is -1.75.